The molecule has 0 aliphatic carbocycles. The third-order valence-electron chi connectivity index (χ3n) is 4.91. The number of halogens is 1. The Bertz CT molecular complexity index is 1440. The van der Waals surface area contributed by atoms with Gasteiger partial charge >= 0.3 is 5.97 Å². The summed E-state index contributed by atoms with van der Waals surface area (Å²) >= 11 is 7.11. The Hall–Kier alpha value is -3.69. The summed E-state index contributed by atoms with van der Waals surface area (Å²) in [5, 5.41) is 9.93. The lowest BCUT2D eigenvalue weighted by Crippen LogP contribution is -2.25. The van der Waals surface area contributed by atoms with Crippen LogP contribution in [0.3, 0.4) is 0 Å². The number of aromatic nitrogens is 2. The van der Waals surface area contributed by atoms with E-state index >= 15 is 0 Å². The van der Waals surface area contributed by atoms with Crippen molar-refractivity contribution in [3.05, 3.63) is 80.5 Å². The quantitative estimate of drug-likeness (QED) is 0.337. The number of hydrogen-bond acceptors (Lipinski definition) is 7. The van der Waals surface area contributed by atoms with Gasteiger partial charge in [-0.15, -0.1) is 11.3 Å². The van der Waals surface area contributed by atoms with Crippen LogP contribution in [0, 0.1) is 0 Å². The lowest BCUT2D eigenvalue weighted by Gasteiger charge is -2.11. The van der Waals surface area contributed by atoms with Gasteiger partial charge in [0, 0.05) is 21.4 Å². The van der Waals surface area contributed by atoms with Crippen molar-refractivity contribution in [1.82, 2.24) is 9.78 Å². The van der Waals surface area contributed by atoms with E-state index < -0.39 is 17.4 Å². The van der Waals surface area contributed by atoms with E-state index in [1.54, 1.807) is 60.8 Å². The van der Waals surface area contributed by atoms with E-state index in [4.69, 9.17) is 21.1 Å². The number of esters is 1. The maximum atomic E-state index is 13.4. The van der Waals surface area contributed by atoms with Gasteiger partial charge in [0.25, 0.3) is 11.5 Å². The fourth-order valence-corrected chi connectivity index (χ4v) is 4.44. The van der Waals surface area contributed by atoms with Gasteiger partial charge < -0.3 is 14.8 Å². The van der Waals surface area contributed by atoms with Crippen LogP contribution >= 0.6 is 22.9 Å². The monoisotopic (exact) mass is 511 g/mol. The standard InChI is InChI=1S/C25H22ClN3O5S/c1-4-33-25(32)21-19-13-35-23(27-22(30)15-5-11-18(12-6-15)34-14(2)3)20(19)24(31)29(28-21)17-9-7-16(26)8-10-17/h5-14H,4H2,1-3H3,(H,27,30). The van der Waals surface area contributed by atoms with Crippen molar-refractivity contribution in [2.45, 2.75) is 26.9 Å². The van der Waals surface area contributed by atoms with Crippen LogP contribution in [-0.2, 0) is 4.74 Å². The summed E-state index contributed by atoms with van der Waals surface area (Å²) in [5.74, 6) is -0.428. The van der Waals surface area contributed by atoms with E-state index in [1.807, 2.05) is 13.8 Å². The molecule has 180 valence electrons. The van der Waals surface area contributed by atoms with Crippen LogP contribution in [-0.4, -0.2) is 34.4 Å². The van der Waals surface area contributed by atoms with E-state index in [-0.39, 0.29) is 23.8 Å². The molecule has 8 nitrogen and oxygen atoms in total. The van der Waals surface area contributed by atoms with E-state index in [9.17, 15) is 14.4 Å². The van der Waals surface area contributed by atoms with Crippen molar-refractivity contribution in [2.24, 2.45) is 0 Å². The molecular weight excluding hydrogens is 490 g/mol. The molecule has 0 saturated carbocycles. The van der Waals surface area contributed by atoms with Gasteiger partial charge in [-0.1, -0.05) is 11.6 Å². The Kier molecular flexibility index (Phi) is 7.18. The topological polar surface area (TPSA) is 99.5 Å². The molecular formula is C25H22ClN3O5S. The molecule has 0 radical (unpaired) electrons. The van der Waals surface area contributed by atoms with Gasteiger partial charge in [-0.2, -0.15) is 9.78 Å². The molecule has 35 heavy (non-hydrogen) atoms. The van der Waals surface area contributed by atoms with Crippen molar-refractivity contribution in [3.8, 4) is 11.4 Å². The molecule has 0 aliphatic rings. The second kappa shape index (κ2) is 10.3. The lowest BCUT2D eigenvalue weighted by atomic mass is 10.2. The molecule has 0 fully saturated rings. The second-order valence-corrected chi connectivity index (χ2v) is 9.08. The summed E-state index contributed by atoms with van der Waals surface area (Å²) in [6, 6.07) is 13.1. The highest BCUT2D eigenvalue weighted by molar-refractivity contribution is 7.16. The third kappa shape index (κ3) is 5.21. The number of thiophene rings is 1. The van der Waals surface area contributed by atoms with Gasteiger partial charge in [-0.3, -0.25) is 9.59 Å². The Morgan fingerprint density at radius 1 is 1.11 bits per heavy atom. The molecule has 0 atom stereocenters. The number of carbonyl (C=O) groups is 2. The molecule has 2 aromatic heterocycles. The number of nitrogens with zero attached hydrogens (tertiary/aromatic N) is 2. The van der Waals surface area contributed by atoms with Crippen LogP contribution in [0.25, 0.3) is 16.5 Å². The second-order valence-electron chi connectivity index (χ2n) is 7.76. The minimum absolute atomic E-state index is 0.0113. The van der Waals surface area contributed by atoms with Crippen molar-refractivity contribution in [1.29, 1.82) is 0 Å². The maximum absolute atomic E-state index is 13.4. The number of amides is 1. The fourth-order valence-electron chi connectivity index (χ4n) is 3.38. The van der Waals surface area contributed by atoms with Gasteiger partial charge in [0.1, 0.15) is 10.8 Å². The number of carbonyl (C=O) groups excluding carboxylic acids is 2. The average Bonchev–Trinajstić information content (AvgIpc) is 3.24. The van der Waals surface area contributed by atoms with Crippen LogP contribution in [0.4, 0.5) is 5.00 Å². The lowest BCUT2D eigenvalue weighted by molar-refractivity contribution is 0.0520. The fraction of sp³-hybridized carbons (Fsp3) is 0.200. The molecule has 10 heteroatoms. The normalized spacial score (nSPS) is 11.0. The first-order valence-corrected chi connectivity index (χ1v) is 12.1. The Morgan fingerprint density at radius 2 is 1.80 bits per heavy atom. The minimum atomic E-state index is -0.670. The van der Waals surface area contributed by atoms with Crippen LogP contribution in [0.1, 0.15) is 41.6 Å². The Morgan fingerprint density at radius 3 is 2.43 bits per heavy atom. The van der Waals surface area contributed by atoms with Crippen molar-refractivity contribution < 1.29 is 19.1 Å². The number of rotatable bonds is 7. The number of ether oxygens (including phenoxy) is 2. The first kappa shape index (κ1) is 24.4. The number of nitrogens with one attached hydrogen (secondary N) is 1. The highest BCUT2D eigenvalue weighted by atomic mass is 35.5. The van der Waals surface area contributed by atoms with E-state index in [0.29, 0.717) is 32.4 Å². The van der Waals surface area contributed by atoms with Crippen LogP contribution in [0.2, 0.25) is 5.02 Å². The summed E-state index contributed by atoms with van der Waals surface area (Å²) in [4.78, 5) is 39.0. The van der Waals surface area contributed by atoms with Crippen molar-refractivity contribution >= 4 is 50.6 Å². The largest absolute Gasteiger partial charge is 0.491 e. The molecule has 2 heterocycles. The van der Waals surface area contributed by atoms with Gasteiger partial charge in [-0.25, -0.2) is 4.79 Å². The zero-order valence-electron chi connectivity index (χ0n) is 19.2. The van der Waals surface area contributed by atoms with Crippen LogP contribution < -0.4 is 15.6 Å². The molecule has 1 amide bonds. The highest BCUT2D eigenvalue weighted by Gasteiger charge is 2.23. The molecule has 0 unspecified atom stereocenters. The zero-order chi connectivity index (χ0) is 25.1. The summed E-state index contributed by atoms with van der Waals surface area (Å²) in [6.45, 7) is 5.66. The number of hydrogen-bond donors (Lipinski definition) is 1. The van der Waals surface area contributed by atoms with E-state index in [1.165, 1.54) is 0 Å². The molecule has 0 bridgehead atoms. The van der Waals surface area contributed by atoms with Gasteiger partial charge in [0.15, 0.2) is 5.69 Å². The molecule has 2 aromatic carbocycles. The first-order valence-electron chi connectivity index (χ1n) is 10.8. The van der Waals surface area contributed by atoms with Crippen LogP contribution in [0.5, 0.6) is 5.75 Å². The summed E-state index contributed by atoms with van der Waals surface area (Å²) < 4.78 is 11.9. The summed E-state index contributed by atoms with van der Waals surface area (Å²) in [6.07, 6.45) is 0.0113. The van der Waals surface area contributed by atoms with Crippen molar-refractivity contribution in [3.63, 3.8) is 0 Å². The van der Waals surface area contributed by atoms with Gasteiger partial charge in [0.2, 0.25) is 0 Å². The third-order valence-corrected chi connectivity index (χ3v) is 6.06. The smallest absolute Gasteiger partial charge is 0.359 e. The predicted octanol–water partition coefficient (Wildman–Crippen LogP) is 5.32. The van der Waals surface area contributed by atoms with Crippen LogP contribution in [0.15, 0.2) is 58.7 Å². The first-order chi connectivity index (χ1) is 16.8. The summed E-state index contributed by atoms with van der Waals surface area (Å²) in [7, 11) is 0. The van der Waals surface area contributed by atoms with Gasteiger partial charge in [-0.05, 0) is 69.3 Å². The SMILES string of the molecule is CCOC(=O)c1nn(-c2ccc(Cl)cc2)c(=O)c2c(NC(=O)c3ccc(OC(C)C)cc3)scc12. The number of fused-ring (bicyclic) bond motifs is 1. The predicted molar refractivity (Wildman–Crippen MR) is 136 cm³/mol. The zero-order valence-corrected chi connectivity index (χ0v) is 20.8. The molecule has 4 rings (SSSR count). The maximum Gasteiger partial charge on any atom is 0.359 e. The van der Waals surface area contributed by atoms with Crippen molar-refractivity contribution in [2.75, 3.05) is 11.9 Å². The summed E-state index contributed by atoms with van der Waals surface area (Å²) in [5.41, 5.74) is 0.285. The van der Waals surface area contributed by atoms with Gasteiger partial charge in [0.05, 0.1) is 23.8 Å². The number of benzene rings is 2. The average molecular weight is 512 g/mol. The molecule has 4 aromatic rings. The minimum Gasteiger partial charge on any atom is -0.491 e. The van der Waals surface area contributed by atoms with E-state index in [2.05, 4.69) is 10.4 Å². The molecule has 0 saturated heterocycles. The Balaban J connectivity index is 1.77. The Labute approximate surface area is 210 Å². The van der Waals surface area contributed by atoms with E-state index in [0.717, 1.165) is 16.0 Å². The molecule has 0 aliphatic heterocycles. The molecule has 0 spiro atoms. The molecule has 1 N–H and O–H groups in total. The highest BCUT2D eigenvalue weighted by Crippen LogP contribution is 2.31. The number of anilines is 1.